The molecule has 0 spiro atoms. The summed E-state index contributed by atoms with van der Waals surface area (Å²) in [5, 5.41) is 2.00. The van der Waals surface area contributed by atoms with Gasteiger partial charge in [-0.15, -0.1) is 18.2 Å². The van der Waals surface area contributed by atoms with Gasteiger partial charge in [0.1, 0.15) is 5.58 Å². The maximum absolute atomic E-state index is 7.60. The number of benzene rings is 5. The first-order chi connectivity index (χ1) is 24.4. The molecule has 0 aliphatic carbocycles. The number of rotatable bonds is 5. The molecule has 3 aromatic heterocycles. The summed E-state index contributed by atoms with van der Waals surface area (Å²) >= 11 is -1.72. The summed E-state index contributed by atoms with van der Waals surface area (Å²) in [7, 11) is 0. The summed E-state index contributed by atoms with van der Waals surface area (Å²) in [6.45, 7) is 2.20. The van der Waals surface area contributed by atoms with Crippen LogP contribution in [0.1, 0.15) is 29.6 Å². The van der Waals surface area contributed by atoms with Crippen LogP contribution in [-0.4, -0.2) is 27.8 Å². The number of imidazole rings is 1. The van der Waals surface area contributed by atoms with Crippen molar-refractivity contribution < 1.29 is 28.6 Å². The summed E-state index contributed by atoms with van der Waals surface area (Å²) < 4.78 is 32.8. The minimum absolute atomic E-state index is 0. The van der Waals surface area contributed by atoms with Crippen LogP contribution in [-0.2, 0) is 20.1 Å². The van der Waals surface area contributed by atoms with Crippen molar-refractivity contribution >= 4 is 50.6 Å². The fourth-order valence-electron chi connectivity index (χ4n) is 6.04. The Morgan fingerprint density at radius 3 is 2.27 bits per heavy atom. The summed E-state index contributed by atoms with van der Waals surface area (Å²) in [6, 6.07) is 44.3. The Morgan fingerprint density at radius 1 is 0.796 bits per heavy atom. The number of nitrogens with zero attached hydrogens (tertiary/aromatic N) is 3. The van der Waals surface area contributed by atoms with Crippen molar-refractivity contribution in [1.29, 1.82) is 0 Å². The van der Waals surface area contributed by atoms with E-state index in [4.69, 9.17) is 13.5 Å². The summed E-state index contributed by atoms with van der Waals surface area (Å²) in [4.78, 5) is 9.47. The van der Waals surface area contributed by atoms with E-state index in [0.29, 0.717) is 5.56 Å². The van der Waals surface area contributed by atoms with Crippen LogP contribution in [0.3, 0.4) is 0 Å². The van der Waals surface area contributed by atoms with E-state index >= 15 is 0 Å². The standard InChI is InChI=1S/C29H23N2O.C14H16GeN.Ir/c1-18(2)31-26-10-5-4-9-25(26)30-29(31)23-8-6-7-22-24-17-21(15-16-27(24)32-28(22)23)20-13-11-19(3)12-14-20;1-15(2,3)13-9-10-14(16-11-13)12-7-5-4-6-8-12;/h4-7,9-18H,1-3H3;4-7,9-11H,1-3H3;/q2*-1;/i3D3;;. The first-order valence-electron chi connectivity index (χ1n) is 17.8. The second-order valence-corrected chi connectivity index (χ2v) is 24.0. The predicted octanol–water partition coefficient (Wildman–Crippen LogP) is 11.1. The Bertz CT molecular complexity index is 2460. The zero-order valence-corrected chi connectivity index (χ0v) is 32.7. The number of pyridine rings is 1. The molecule has 0 aliphatic heterocycles. The van der Waals surface area contributed by atoms with E-state index in [1.165, 1.54) is 4.40 Å². The molecule has 3 heterocycles. The average molecular weight is 882 g/mol. The monoisotopic (exact) mass is 883 g/mol. The van der Waals surface area contributed by atoms with Crippen LogP contribution in [0.4, 0.5) is 0 Å². The van der Waals surface area contributed by atoms with E-state index in [9.17, 15) is 0 Å². The van der Waals surface area contributed by atoms with E-state index in [2.05, 4.69) is 77.1 Å². The molecule has 8 rings (SSSR count). The Morgan fingerprint density at radius 2 is 1.57 bits per heavy atom. The number of fused-ring (bicyclic) bond motifs is 4. The molecule has 4 nitrogen and oxygen atoms in total. The van der Waals surface area contributed by atoms with Crippen molar-refractivity contribution in [1.82, 2.24) is 14.5 Å². The minimum atomic E-state index is -2.11. The normalized spacial score (nSPS) is 12.7. The Balaban J connectivity index is 0.000000230. The van der Waals surface area contributed by atoms with Crippen molar-refractivity contribution in [2.45, 2.75) is 44.0 Å². The minimum Gasteiger partial charge on any atom is 0 e. The maximum Gasteiger partial charge on any atom is 0 e. The SMILES string of the molecule is [2H]C([2H])([2H])c1ccc(-c2ccc3oc4c(-c5nc6ccccc6n5C(C)C)[c-]ccc4c3c2)cc1.[CH3][Ge]([CH3])([CH3])[c]1ccc(-c2[c-]cccc2)nc1.[Ir]. The van der Waals surface area contributed by atoms with Crippen molar-refractivity contribution in [3.8, 4) is 33.8 Å². The third kappa shape index (κ3) is 7.07. The third-order valence-electron chi connectivity index (χ3n) is 8.60. The van der Waals surface area contributed by atoms with Gasteiger partial charge in [-0.2, -0.15) is 0 Å². The topological polar surface area (TPSA) is 43.9 Å². The second-order valence-electron chi connectivity index (χ2n) is 13.3. The van der Waals surface area contributed by atoms with E-state index < -0.39 is 20.1 Å². The van der Waals surface area contributed by atoms with Gasteiger partial charge in [-0.3, -0.25) is 4.98 Å². The van der Waals surface area contributed by atoms with Crippen molar-refractivity contribution in [3.63, 3.8) is 0 Å². The van der Waals surface area contributed by atoms with Gasteiger partial charge >= 0.3 is 99.8 Å². The number of hydrogen-bond donors (Lipinski definition) is 0. The molecule has 247 valence electrons. The van der Waals surface area contributed by atoms with Crippen LogP contribution >= 0.6 is 0 Å². The van der Waals surface area contributed by atoms with Crippen molar-refractivity contribution in [2.75, 3.05) is 0 Å². The summed E-state index contributed by atoms with van der Waals surface area (Å²) in [6.07, 6.45) is 2.04. The van der Waals surface area contributed by atoms with E-state index in [-0.39, 0.29) is 26.1 Å². The molecule has 0 saturated carbocycles. The molecule has 0 atom stereocenters. The molecule has 5 aromatic carbocycles. The molecule has 8 aromatic rings. The molecule has 6 heteroatoms. The van der Waals surface area contributed by atoms with Crippen LogP contribution in [0.25, 0.3) is 66.7 Å². The molecule has 0 unspecified atom stereocenters. The fourth-order valence-corrected chi connectivity index (χ4v) is 8.22. The van der Waals surface area contributed by atoms with Crippen molar-refractivity contribution in [2.24, 2.45) is 0 Å². The van der Waals surface area contributed by atoms with Crippen LogP contribution in [0.5, 0.6) is 0 Å². The molecule has 0 bridgehead atoms. The number of aromatic nitrogens is 3. The van der Waals surface area contributed by atoms with Crippen molar-refractivity contribution in [3.05, 3.63) is 139 Å². The summed E-state index contributed by atoms with van der Waals surface area (Å²) in [5.74, 6) is 7.98. The number of para-hydroxylation sites is 2. The van der Waals surface area contributed by atoms with Gasteiger partial charge in [0.2, 0.25) is 0 Å². The van der Waals surface area contributed by atoms with Gasteiger partial charge in [0.05, 0.1) is 22.4 Å². The predicted molar refractivity (Wildman–Crippen MR) is 203 cm³/mol. The van der Waals surface area contributed by atoms with Gasteiger partial charge in [-0.1, -0.05) is 59.0 Å². The van der Waals surface area contributed by atoms with Gasteiger partial charge in [0, 0.05) is 35.6 Å². The molecule has 0 saturated heterocycles. The van der Waals surface area contributed by atoms with E-state index in [1.807, 2.05) is 85.1 Å². The third-order valence-corrected chi connectivity index (χ3v) is 12.9. The molecule has 0 amide bonds. The largest absolute Gasteiger partial charge is 0 e. The Labute approximate surface area is 309 Å². The number of aryl methyl sites for hydroxylation is 1. The number of hydrogen-bond acceptors (Lipinski definition) is 3. The van der Waals surface area contributed by atoms with Crippen LogP contribution in [0.2, 0.25) is 17.3 Å². The van der Waals surface area contributed by atoms with E-state index in [1.54, 1.807) is 12.1 Å². The van der Waals surface area contributed by atoms with Gasteiger partial charge in [0.15, 0.2) is 0 Å². The second kappa shape index (κ2) is 14.3. The maximum atomic E-state index is 7.60. The van der Waals surface area contributed by atoms with Crippen LogP contribution in [0.15, 0.2) is 126 Å². The zero-order valence-electron chi connectivity index (χ0n) is 31.2. The molecule has 49 heavy (non-hydrogen) atoms. The first-order valence-corrected chi connectivity index (χ1v) is 23.6. The molecule has 0 aliphatic rings. The quantitative estimate of drug-likeness (QED) is 0.128. The fraction of sp³-hybridized carbons (Fsp3) is 0.163. The first kappa shape index (κ1) is 30.7. The van der Waals surface area contributed by atoms with Gasteiger partial charge < -0.3 is 8.98 Å². The smallest absolute Gasteiger partial charge is 0 e. The molecule has 0 fully saturated rings. The van der Waals surface area contributed by atoms with E-state index in [0.717, 1.165) is 66.7 Å². The van der Waals surface area contributed by atoms with Gasteiger partial charge in [-0.25, -0.2) is 0 Å². The van der Waals surface area contributed by atoms with Gasteiger partial charge in [0.25, 0.3) is 0 Å². The Kier molecular flexibility index (Phi) is 8.96. The molecular weight excluding hydrogens is 839 g/mol. The zero-order chi connectivity index (χ0) is 35.9. The Hall–Kier alpha value is -4.29. The number of furan rings is 1. The molecule has 0 N–H and O–H groups in total. The summed E-state index contributed by atoms with van der Waals surface area (Å²) in [5.41, 5.74) is 8.79. The average Bonchev–Trinajstić information content (AvgIpc) is 3.70. The van der Waals surface area contributed by atoms with Gasteiger partial charge in [-0.05, 0) is 56.1 Å². The van der Waals surface area contributed by atoms with Crippen LogP contribution in [0, 0.1) is 19.0 Å². The molecule has 1 radical (unpaired) electrons. The molecular formula is C43H39GeIrN3O-2. The van der Waals surface area contributed by atoms with Crippen LogP contribution < -0.4 is 4.40 Å².